The first kappa shape index (κ1) is 8.30. The van der Waals surface area contributed by atoms with Crippen LogP contribution in [-0.2, 0) is 24.8 Å². The Kier molecular flexibility index (Phi) is 2.68. The molecule has 0 bridgehead atoms. The Morgan fingerprint density at radius 1 is 1.18 bits per heavy atom. The summed E-state index contributed by atoms with van der Waals surface area (Å²) in [6.07, 6.45) is 4.68. The van der Waals surface area contributed by atoms with Crippen LogP contribution in [0.1, 0.15) is 0 Å². The number of hydrogen-bond acceptors (Lipinski definition) is 4. The minimum Gasteiger partial charge on any atom is -0.477 e. The second-order valence-corrected chi connectivity index (χ2v) is 1.87. The van der Waals surface area contributed by atoms with Crippen LogP contribution in [0.15, 0.2) is 26.5 Å². The minimum absolute atomic E-state index is 0. The molecule has 0 spiro atoms. The largest absolute Gasteiger partial charge is 3.00 e. The van der Waals surface area contributed by atoms with Gasteiger partial charge in [0.1, 0.15) is 12.3 Å². The minimum atomic E-state index is 0. The molecule has 2 rings (SSSR count). The summed E-state index contributed by atoms with van der Waals surface area (Å²) >= 11 is 0. The average Bonchev–Trinajstić information content (AvgIpc) is 2.59. The third kappa shape index (κ3) is 1.61. The van der Waals surface area contributed by atoms with Crippen LogP contribution in [0.25, 0.3) is 0 Å². The number of nitrogens with zero attached hydrogens (tertiary/aromatic N) is 3. The van der Waals surface area contributed by atoms with Crippen LogP contribution in [-0.4, -0.2) is 25.4 Å². The molecule has 0 saturated carbocycles. The van der Waals surface area contributed by atoms with Gasteiger partial charge in [0.25, 0.3) is 0 Å². The maximum atomic E-state index is 4.87. The Hall–Kier alpha value is -0.801. The molecular weight excluding hydrogens is 322 g/mol. The topological polar surface area (TPSA) is 46.3 Å². The Morgan fingerprint density at radius 3 is 2.45 bits per heavy atom. The van der Waals surface area contributed by atoms with Gasteiger partial charge in [0.2, 0.25) is 0 Å². The monoisotopic (exact) mass is 328 g/mol. The standard InChI is InChI=1S/C6H5N3O.Ir/c1-2-8-6(7-1)5-3-10-4-9-5;/h1-2,4H,3H2;/q;+3. The summed E-state index contributed by atoms with van der Waals surface area (Å²) in [5.74, 6) is 0.661. The summed E-state index contributed by atoms with van der Waals surface area (Å²) in [4.78, 5) is 11.8. The zero-order valence-electron chi connectivity index (χ0n) is 5.52. The van der Waals surface area contributed by atoms with Crippen molar-refractivity contribution in [2.45, 2.75) is 0 Å². The molecule has 0 radical (unpaired) electrons. The van der Waals surface area contributed by atoms with Gasteiger partial charge in [-0.1, -0.05) is 0 Å². The Morgan fingerprint density at radius 2 is 1.91 bits per heavy atom. The van der Waals surface area contributed by atoms with Crippen molar-refractivity contribution in [1.82, 2.24) is 0 Å². The summed E-state index contributed by atoms with van der Waals surface area (Å²) in [5, 5.41) is 0. The van der Waals surface area contributed by atoms with E-state index in [1.807, 2.05) is 0 Å². The van der Waals surface area contributed by atoms with Gasteiger partial charge in [-0.2, -0.15) is 0 Å². The zero-order valence-corrected chi connectivity index (χ0v) is 7.92. The summed E-state index contributed by atoms with van der Waals surface area (Å²) in [6.45, 7) is 0.490. The van der Waals surface area contributed by atoms with Crippen LogP contribution >= 0.6 is 0 Å². The maximum absolute atomic E-state index is 4.87. The van der Waals surface area contributed by atoms with E-state index in [1.54, 1.807) is 12.4 Å². The van der Waals surface area contributed by atoms with Crippen molar-refractivity contribution in [2.24, 2.45) is 15.0 Å². The van der Waals surface area contributed by atoms with E-state index in [4.69, 9.17) is 4.74 Å². The molecule has 0 unspecified atom stereocenters. The Bertz CT molecular complexity index is 253. The van der Waals surface area contributed by atoms with E-state index in [-0.39, 0.29) is 20.1 Å². The van der Waals surface area contributed by atoms with Gasteiger partial charge in [-0.15, -0.1) is 0 Å². The van der Waals surface area contributed by atoms with E-state index in [1.165, 1.54) is 6.40 Å². The van der Waals surface area contributed by atoms with Crippen molar-refractivity contribution >= 4 is 18.8 Å². The van der Waals surface area contributed by atoms with E-state index >= 15 is 0 Å². The summed E-state index contributed by atoms with van der Waals surface area (Å²) in [6, 6.07) is 0. The molecule has 56 valence electrons. The van der Waals surface area contributed by atoms with Crippen LogP contribution < -0.4 is 0 Å². The molecule has 2 aliphatic heterocycles. The third-order valence-corrected chi connectivity index (χ3v) is 1.22. The van der Waals surface area contributed by atoms with Gasteiger partial charge >= 0.3 is 20.1 Å². The molecule has 2 aliphatic rings. The zero-order chi connectivity index (χ0) is 6.81. The third-order valence-electron chi connectivity index (χ3n) is 1.22. The molecule has 0 aromatic rings. The fourth-order valence-corrected chi connectivity index (χ4v) is 0.767. The normalized spacial score (nSPS) is 18.9. The molecule has 0 amide bonds. The Balaban J connectivity index is 0.000000605. The molecular formula is C6H5IrN3O+3. The first-order valence-corrected chi connectivity index (χ1v) is 2.91. The van der Waals surface area contributed by atoms with Gasteiger partial charge in [-0.25, -0.2) is 15.0 Å². The number of hydrogen-bond donors (Lipinski definition) is 0. The van der Waals surface area contributed by atoms with Crippen LogP contribution in [0.3, 0.4) is 0 Å². The molecule has 0 N–H and O–H groups in total. The molecule has 2 heterocycles. The predicted octanol–water partition coefficient (Wildman–Crippen LogP) is 0.367. The summed E-state index contributed by atoms with van der Waals surface area (Å²) in [7, 11) is 0. The van der Waals surface area contributed by atoms with Crippen LogP contribution in [0.5, 0.6) is 0 Å². The van der Waals surface area contributed by atoms with E-state index in [0.717, 1.165) is 5.70 Å². The van der Waals surface area contributed by atoms with Crippen molar-refractivity contribution in [3.8, 4) is 0 Å². The molecule has 0 aromatic carbocycles. The predicted molar refractivity (Wildman–Crippen MR) is 38.5 cm³/mol. The van der Waals surface area contributed by atoms with Gasteiger partial charge in [0.05, 0.1) is 0 Å². The first-order chi connectivity index (χ1) is 4.97. The molecule has 11 heavy (non-hydrogen) atoms. The van der Waals surface area contributed by atoms with E-state index in [9.17, 15) is 0 Å². The van der Waals surface area contributed by atoms with E-state index < -0.39 is 0 Å². The van der Waals surface area contributed by atoms with Crippen LogP contribution in [0, 0.1) is 0 Å². The number of ether oxygens (including phenoxy) is 1. The van der Waals surface area contributed by atoms with E-state index in [2.05, 4.69) is 15.0 Å². The van der Waals surface area contributed by atoms with Crippen LogP contribution in [0.2, 0.25) is 0 Å². The molecule has 5 heteroatoms. The number of aliphatic imine (C=N–C) groups is 3. The molecule has 0 aliphatic carbocycles. The summed E-state index contributed by atoms with van der Waals surface area (Å²) in [5.41, 5.74) is 0.796. The molecule has 0 fully saturated rings. The van der Waals surface area contributed by atoms with Crippen LogP contribution in [0.4, 0.5) is 0 Å². The van der Waals surface area contributed by atoms with Gasteiger partial charge in [-0.3, -0.25) is 0 Å². The molecule has 4 nitrogen and oxygen atoms in total. The SMILES string of the molecule is C1=NC(=C2N=CC=N2)CO1.[Ir+3]. The summed E-state index contributed by atoms with van der Waals surface area (Å²) < 4.78 is 4.87. The van der Waals surface area contributed by atoms with Gasteiger partial charge in [0, 0.05) is 12.4 Å². The van der Waals surface area contributed by atoms with Crippen molar-refractivity contribution < 1.29 is 24.8 Å². The number of rotatable bonds is 0. The van der Waals surface area contributed by atoms with Gasteiger partial charge < -0.3 is 4.74 Å². The van der Waals surface area contributed by atoms with Gasteiger partial charge in [0.15, 0.2) is 12.2 Å². The quantitative estimate of drug-likeness (QED) is 0.634. The Labute approximate surface area is 77.1 Å². The van der Waals surface area contributed by atoms with Crippen molar-refractivity contribution in [1.29, 1.82) is 0 Å². The average molecular weight is 327 g/mol. The molecule has 0 saturated heterocycles. The second kappa shape index (κ2) is 3.55. The van der Waals surface area contributed by atoms with Crippen molar-refractivity contribution in [3.63, 3.8) is 0 Å². The fourth-order valence-electron chi connectivity index (χ4n) is 0.767. The smallest absolute Gasteiger partial charge is 0.477 e. The molecule has 0 aromatic heterocycles. The van der Waals surface area contributed by atoms with Crippen molar-refractivity contribution in [3.05, 3.63) is 11.5 Å². The second-order valence-electron chi connectivity index (χ2n) is 1.87. The first-order valence-electron chi connectivity index (χ1n) is 2.91. The van der Waals surface area contributed by atoms with Gasteiger partial charge in [-0.05, 0) is 0 Å². The molecule has 0 atom stereocenters. The maximum Gasteiger partial charge on any atom is 3.00 e. The van der Waals surface area contributed by atoms with E-state index in [0.29, 0.717) is 12.4 Å². The fraction of sp³-hybridized carbons (Fsp3) is 0.167. The van der Waals surface area contributed by atoms with Crippen molar-refractivity contribution in [2.75, 3.05) is 6.61 Å².